The van der Waals surface area contributed by atoms with Gasteiger partial charge in [0.05, 0.1) is 34.6 Å². The summed E-state index contributed by atoms with van der Waals surface area (Å²) in [5.74, 6) is -2.82. The number of aromatic nitrogens is 1. The van der Waals surface area contributed by atoms with E-state index < -0.39 is 27.7 Å². The first-order valence-corrected chi connectivity index (χ1v) is 12.0. The standard InChI is InChI=1S/C17H20BrFN4O5S2/c1-9(2)8-28-13-6-10(19)4-5-12(13)23(16(25)15(20)24)17-22-11(14(18)29-17)7-21-30(3,26)27/h4-6,9,21H,7-8H2,1-3H3,(H2,20,24). The smallest absolute Gasteiger partial charge is 0.322 e. The highest BCUT2D eigenvalue weighted by Crippen LogP contribution is 2.39. The monoisotopic (exact) mass is 522 g/mol. The fraction of sp³-hybridized carbons (Fsp3) is 0.353. The number of anilines is 2. The number of carbonyl (C=O) groups is 2. The molecule has 164 valence electrons. The van der Waals surface area contributed by atoms with E-state index in [1.807, 2.05) is 13.8 Å². The van der Waals surface area contributed by atoms with Gasteiger partial charge in [-0.05, 0) is 34.0 Å². The molecule has 9 nitrogen and oxygen atoms in total. The first kappa shape index (κ1) is 24.2. The Morgan fingerprint density at radius 1 is 1.40 bits per heavy atom. The van der Waals surface area contributed by atoms with Crippen LogP contribution < -0.4 is 20.1 Å². The topological polar surface area (TPSA) is 132 Å². The number of sulfonamides is 1. The second-order valence-electron chi connectivity index (χ2n) is 6.63. The summed E-state index contributed by atoms with van der Waals surface area (Å²) in [6, 6.07) is 3.47. The molecule has 0 fully saturated rings. The number of thiazole rings is 1. The van der Waals surface area contributed by atoms with Crippen LogP contribution in [0, 0.1) is 11.7 Å². The van der Waals surface area contributed by atoms with Crippen molar-refractivity contribution in [2.24, 2.45) is 11.7 Å². The number of benzene rings is 1. The minimum Gasteiger partial charge on any atom is -0.491 e. The summed E-state index contributed by atoms with van der Waals surface area (Å²) in [4.78, 5) is 29.4. The number of carbonyl (C=O) groups excluding carboxylic acids is 2. The summed E-state index contributed by atoms with van der Waals surface area (Å²) < 4.78 is 44.9. The zero-order valence-electron chi connectivity index (χ0n) is 16.3. The average Bonchev–Trinajstić information content (AvgIpc) is 2.99. The third-order valence-electron chi connectivity index (χ3n) is 3.48. The van der Waals surface area contributed by atoms with E-state index in [4.69, 9.17) is 10.5 Å². The summed E-state index contributed by atoms with van der Waals surface area (Å²) in [7, 11) is -3.48. The molecule has 1 aromatic heterocycles. The maximum absolute atomic E-state index is 13.8. The number of halogens is 2. The predicted octanol–water partition coefficient (Wildman–Crippen LogP) is 2.28. The summed E-state index contributed by atoms with van der Waals surface area (Å²) in [6.07, 6.45) is 0.994. The molecule has 0 saturated carbocycles. The highest BCUT2D eigenvalue weighted by atomic mass is 79.9. The Morgan fingerprint density at radius 3 is 2.63 bits per heavy atom. The van der Waals surface area contributed by atoms with Crippen LogP contribution in [0.15, 0.2) is 22.0 Å². The van der Waals surface area contributed by atoms with E-state index in [1.165, 1.54) is 6.07 Å². The van der Waals surface area contributed by atoms with Crippen molar-refractivity contribution in [3.8, 4) is 5.75 Å². The van der Waals surface area contributed by atoms with Crippen LogP contribution in [-0.4, -0.2) is 38.1 Å². The Bertz CT molecular complexity index is 1060. The number of nitrogens with one attached hydrogen (secondary N) is 1. The maximum Gasteiger partial charge on any atom is 0.322 e. The van der Waals surface area contributed by atoms with Crippen molar-refractivity contribution in [3.05, 3.63) is 33.5 Å². The number of nitrogens with two attached hydrogens (primary N) is 1. The molecule has 0 aliphatic rings. The van der Waals surface area contributed by atoms with Crippen molar-refractivity contribution in [1.29, 1.82) is 0 Å². The normalized spacial score (nSPS) is 11.5. The van der Waals surface area contributed by atoms with Crippen molar-refractivity contribution in [2.45, 2.75) is 20.4 Å². The first-order valence-electron chi connectivity index (χ1n) is 8.55. The minimum atomic E-state index is -3.48. The summed E-state index contributed by atoms with van der Waals surface area (Å²) in [5.41, 5.74) is 5.56. The van der Waals surface area contributed by atoms with Crippen LogP contribution in [-0.2, 0) is 26.2 Å². The molecule has 0 aliphatic carbocycles. The van der Waals surface area contributed by atoms with Crippen LogP contribution in [0.25, 0.3) is 0 Å². The van der Waals surface area contributed by atoms with Gasteiger partial charge in [-0.3, -0.25) is 9.59 Å². The van der Waals surface area contributed by atoms with Crippen LogP contribution in [0.1, 0.15) is 19.5 Å². The summed E-state index contributed by atoms with van der Waals surface area (Å²) in [5, 5.41) is 0.0250. The first-order chi connectivity index (χ1) is 13.9. The second kappa shape index (κ2) is 9.81. The molecule has 30 heavy (non-hydrogen) atoms. The Balaban J connectivity index is 2.53. The van der Waals surface area contributed by atoms with Gasteiger partial charge in [0.2, 0.25) is 10.0 Å². The average molecular weight is 523 g/mol. The SMILES string of the molecule is CC(C)COc1cc(F)ccc1N(C(=O)C(N)=O)c1nc(CNS(C)(=O)=O)c(Br)s1. The fourth-order valence-corrected chi connectivity index (χ4v) is 4.07. The molecule has 2 aromatic rings. The van der Waals surface area contributed by atoms with Gasteiger partial charge in [0.15, 0.2) is 5.13 Å². The summed E-state index contributed by atoms with van der Waals surface area (Å²) >= 11 is 4.24. The van der Waals surface area contributed by atoms with Crippen molar-refractivity contribution < 1.29 is 27.1 Å². The number of primary amides is 1. The van der Waals surface area contributed by atoms with Gasteiger partial charge in [-0.15, -0.1) is 0 Å². The molecule has 0 saturated heterocycles. The van der Waals surface area contributed by atoms with Gasteiger partial charge in [0, 0.05) is 6.07 Å². The van der Waals surface area contributed by atoms with E-state index in [-0.39, 0.29) is 41.3 Å². The van der Waals surface area contributed by atoms with Crippen LogP contribution in [0.3, 0.4) is 0 Å². The lowest BCUT2D eigenvalue weighted by atomic mass is 10.2. The molecule has 0 unspecified atom stereocenters. The molecule has 2 rings (SSSR count). The minimum absolute atomic E-state index is 0.0250. The molecule has 0 bridgehead atoms. The van der Waals surface area contributed by atoms with Gasteiger partial charge in [-0.25, -0.2) is 27.4 Å². The lowest BCUT2D eigenvalue weighted by molar-refractivity contribution is -0.135. The number of ether oxygens (including phenoxy) is 1. The molecular formula is C17H20BrFN4O5S2. The van der Waals surface area contributed by atoms with Crippen LogP contribution in [0.4, 0.5) is 15.2 Å². The zero-order chi connectivity index (χ0) is 22.6. The van der Waals surface area contributed by atoms with Gasteiger partial charge in [-0.2, -0.15) is 0 Å². The third-order valence-corrected chi connectivity index (χ3v) is 5.96. The lowest BCUT2D eigenvalue weighted by Crippen LogP contribution is -2.37. The van der Waals surface area contributed by atoms with Crippen molar-refractivity contribution in [2.75, 3.05) is 17.8 Å². The molecule has 0 spiro atoms. The Hall–Kier alpha value is -2.09. The molecule has 2 amide bonds. The quantitative estimate of drug-likeness (QED) is 0.511. The largest absolute Gasteiger partial charge is 0.491 e. The Morgan fingerprint density at radius 2 is 2.07 bits per heavy atom. The number of rotatable bonds is 8. The number of nitrogens with zero attached hydrogens (tertiary/aromatic N) is 2. The number of hydrogen-bond acceptors (Lipinski definition) is 7. The predicted molar refractivity (Wildman–Crippen MR) is 115 cm³/mol. The molecule has 13 heteroatoms. The molecule has 0 aliphatic heterocycles. The fourth-order valence-electron chi connectivity index (χ4n) is 2.18. The Kier molecular flexibility index (Phi) is 7.91. The molecular weight excluding hydrogens is 503 g/mol. The molecule has 0 radical (unpaired) electrons. The van der Waals surface area contributed by atoms with Gasteiger partial charge in [0.25, 0.3) is 0 Å². The third kappa shape index (κ3) is 6.45. The van der Waals surface area contributed by atoms with Gasteiger partial charge < -0.3 is 10.5 Å². The molecule has 3 N–H and O–H groups in total. The van der Waals surface area contributed by atoms with Gasteiger partial charge in [0.1, 0.15) is 11.6 Å². The zero-order valence-corrected chi connectivity index (χ0v) is 19.5. The van der Waals surface area contributed by atoms with Gasteiger partial charge >= 0.3 is 11.8 Å². The van der Waals surface area contributed by atoms with E-state index in [9.17, 15) is 22.4 Å². The van der Waals surface area contributed by atoms with Crippen LogP contribution in [0.2, 0.25) is 0 Å². The number of hydrogen-bond donors (Lipinski definition) is 2. The molecule has 0 atom stereocenters. The van der Waals surface area contributed by atoms with E-state index in [0.29, 0.717) is 3.79 Å². The van der Waals surface area contributed by atoms with Crippen LogP contribution >= 0.6 is 27.3 Å². The Labute approximate surface area is 185 Å². The van der Waals surface area contributed by atoms with E-state index >= 15 is 0 Å². The van der Waals surface area contributed by atoms with E-state index in [1.54, 1.807) is 0 Å². The van der Waals surface area contributed by atoms with E-state index in [2.05, 4.69) is 25.6 Å². The van der Waals surface area contributed by atoms with E-state index in [0.717, 1.165) is 34.6 Å². The van der Waals surface area contributed by atoms with Crippen molar-refractivity contribution in [1.82, 2.24) is 9.71 Å². The lowest BCUT2D eigenvalue weighted by Gasteiger charge is -2.22. The number of amides is 2. The van der Waals surface area contributed by atoms with Gasteiger partial charge in [-0.1, -0.05) is 25.2 Å². The highest BCUT2D eigenvalue weighted by Gasteiger charge is 2.29. The second-order valence-corrected chi connectivity index (χ2v) is 10.8. The van der Waals surface area contributed by atoms with Crippen molar-refractivity contribution >= 4 is 59.9 Å². The molecule has 1 heterocycles. The molecule has 1 aromatic carbocycles. The maximum atomic E-state index is 13.8. The van der Waals surface area contributed by atoms with Crippen LogP contribution in [0.5, 0.6) is 5.75 Å². The highest BCUT2D eigenvalue weighted by molar-refractivity contribution is 9.11. The summed E-state index contributed by atoms with van der Waals surface area (Å²) in [6.45, 7) is 3.88. The van der Waals surface area contributed by atoms with Crippen molar-refractivity contribution in [3.63, 3.8) is 0 Å².